The minimum atomic E-state index is 0. The maximum Gasteiger partial charge on any atom is 0.193 e. The van der Waals surface area contributed by atoms with Crippen LogP contribution >= 0.6 is 35.3 Å². The molecule has 3 unspecified atom stereocenters. The van der Waals surface area contributed by atoms with Crippen LogP contribution in [0.25, 0.3) is 0 Å². The van der Waals surface area contributed by atoms with Crippen LogP contribution in [0.3, 0.4) is 0 Å². The van der Waals surface area contributed by atoms with E-state index in [4.69, 9.17) is 4.99 Å². The molecule has 2 saturated heterocycles. The molecular weight excluding hydrogens is 493 g/mol. The molecule has 1 aromatic rings. The van der Waals surface area contributed by atoms with Crippen LogP contribution < -0.4 is 5.32 Å². The van der Waals surface area contributed by atoms with E-state index in [1.165, 1.54) is 30.7 Å². The van der Waals surface area contributed by atoms with Crippen molar-refractivity contribution in [3.63, 3.8) is 0 Å². The lowest BCUT2D eigenvalue weighted by molar-refractivity contribution is 0.128. The molecule has 3 heterocycles. The number of hydrogen-bond donors (Lipinski definition) is 1. The summed E-state index contributed by atoms with van der Waals surface area (Å²) >= 11 is 1.89. The Hall–Kier alpha value is -0.380. The van der Waals surface area contributed by atoms with E-state index in [0.717, 1.165) is 45.2 Å². The van der Waals surface area contributed by atoms with E-state index < -0.39 is 0 Å². The van der Waals surface area contributed by atoms with Crippen LogP contribution in [0.5, 0.6) is 0 Å². The first-order chi connectivity index (χ1) is 13.7. The predicted molar refractivity (Wildman–Crippen MR) is 137 cm³/mol. The van der Waals surface area contributed by atoms with Gasteiger partial charge < -0.3 is 10.2 Å². The summed E-state index contributed by atoms with van der Waals surface area (Å²) in [6.07, 6.45) is 3.80. The third-order valence-corrected chi connectivity index (χ3v) is 7.39. The van der Waals surface area contributed by atoms with E-state index in [-0.39, 0.29) is 24.0 Å². The van der Waals surface area contributed by atoms with Crippen molar-refractivity contribution in [1.82, 2.24) is 20.0 Å². The minimum absolute atomic E-state index is 0. The minimum Gasteiger partial charge on any atom is -0.357 e. The topological polar surface area (TPSA) is 34.1 Å². The van der Waals surface area contributed by atoms with Crippen molar-refractivity contribution in [3.05, 3.63) is 22.4 Å². The van der Waals surface area contributed by atoms with Crippen LogP contribution in [0.2, 0.25) is 0 Å². The molecule has 0 aliphatic carbocycles. The maximum absolute atomic E-state index is 5.15. The first-order valence-electron chi connectivity index (χ1n) is 11.2. The van der Waals surface area contributed by atoms with Gasteiger partial charge in [-0.15, -0.1) is 35.3 Å². The van der Waals surface area contributed by atoms with E-state index in [1.807, 2.05) is 11.3 Å². The van der Waals surface area contributed by atoms with Crippen molar-refractivity contribution in [2.45, 2.75) is 52.1 Å². The Morgan fingerprint density at radius 1 is 1.24 bits per heavy atom. The van der Waals surface area contributed by atoms with Crippen LogP contribution in [0.1, 0.15) is 51.0 Å². The molecule has 29 heavy (non-hydrogen) atoms. The number of hydrogen-bond acceptors (Lipinski definition) is 4. The average molecular weight is 534 g/mol. The average Bonchev–Trinajstić information content (AvgIpc) is 3.38. The summed E-state index contributed by atoms with van der Waals surface area (Å²) in [6, 6.07) is 5.67. The zero-order chi connectivity index (χ0) is 19.9. The first-order valence-corrected chi connectivity index (χ1v) is 12.1. The van der Waals surface area contributed by atoms with Gasteiger partial charge in [0.2, 0.25) is 0 Å². The molecule has 0 amide bonds. The monoisotopic (exact) mass is 533 g/mol. The quantitative estimate of drug-likeness (QED) is 0.325. The zero-order valence-corrected chi connectivity index (χ0v) is 21.8. The molecule has 2 aliphatic heterocycles. The fourth-order valence-electron chi connectivity index (χ4n) is 4.96. The Bertz CT molecular complexity index is 604. The molecule has 5 nitrogen and oxygen atoms in total. The van der Waals surface area contributed by atoms with E-state index in [2.05, 4.69) is 65.3 Å². The second-order valence-electron chi connectivity index (χ2n) is 8.15. The number of likely N-dealkylation sites (N-methyl/N-ethyl adjacent to an activating group) is 1. The summed E-state index contributed by atoms with van der Waals surface area (Å²) in [5, 5.41) is 5.77. The highest BCUT2D eigenvalue weighted by Crippen LogP contribution is 2.37. The van der Waals surface area contributed by atoms with Gasteiger partial charge >= 0.3 is 0 Å². The van der Waals surface area contributed by atoms with Crippen LogP contribution in [0.15, 0.2) is 22.5 Å². The predicted octanol–water partition coefficient (Wildman–Crippen LogP) is 4.13. The summed E-state index contributed by atoms with van der Waals surface area (Å²) in [7, 11) is 2.28. The summed E-state index contributed by atoms with van der Waals surface area (Å²) < 4.78 is 0. The molecule has 166 valence electrons. The highest BCUT2D eigenvalue weighted by atomic mass is 127. The summed E-state index contributed by atoms with van der Waals surface area (Å²) in [6.45, 7) is 14.3. The largest absolute Gasteiger partial charge is 0.357 e. The second-order valence-corrected chi connectivity index (χ2v) is 9.13. The molecule has 0 radical (unpaired) electrons. The number of thiophene rings is 1. The number of piperidine rings is 1. The number of guanidine groups is 1. The molecule has 0 saturated carbocycles. The van der Waals surface area contributed by atoms with Gasteiger partial charge in [0, 0.05) is 43.1 Å². The Kier molecular flexibility index (Phi) is 10.7. The van der Waals surface area contributed by atoms with Crippen molar-refractivity contribution < 1.29 is 0 Å². The van der Waals surface area contributed by atoms with Gasteiger partial charge in [-0.1, -0.05) is 19.9 Å². The Balaban J connectivity index is 0.00000300. The molecule has 0 aromatic carbocycles. The SMILES string of the molecule is CCNC(=NCC1CCCN(C)C1c1cccs1)N1CCC(N(CC)CC)C1.I. The van der Waals surface area contributed by atoms with E-state index >= 15 is 0 Å². The fourth-order valence-corrected chi connectivity index (χ4v) is 5.94. The van der Waals surface area contributed by atoms with Crippen LogP contribution in [-0.2, 0) is 0 Å². The molecule has 2 aliphatic rings. The normalized spacial score (nSPS) is 26.0. The van der Waals surface area contributed by atoms with Crippen molar-refractivity contribution in [3.8, 4) is 0 Å². The van der Waals surface area contributed by atoms with Gasteiger partial charge in [-0.2, -0.15) is 0 Å². The number of likely N-dealkylation sites (tertiary alicyclic amines) is 2. The van der Waals surface area contributed by atoms with E-state index in [9.17, 15) is 0 Å². The summed E-state index contributed by atoms with van der Waals surface area (Å²) in [5.41, 5.74) is 0. The molecule has 0 spiro atoms. The van der Waals surface area contributed by atoms with Gasteiger partial charge in [-0.25, -0.2) is 0 Å². The summed E-state index contributed by atoms with van der Waals surface area (Å²) in [4.78, 5) is 14.3. The molecule has 0 bridgehead atoms. The molecule has 3 rings (SSSR count). The van der Waals surface area contributed by atoms with Crippen molar-refractivity contribution in [2.24, 2.45) is 10.9 Å². The zero-order valence-electron chi connectivity index (χ0n) is 18.6. The molecular formula is C22H40IN5S. The van der Waals surface area contributed by atoms with Gasteiger partial charge in [0.15, 0.2) is 5.96 Å². The van der Waals surface area contributed by atoms with Gasteiger partial charge in [-0.3, -0.25) is 14.8 Å². The van der Waals surface area contributed by atoms with Gasteiger partial charge in [0.25, 0.3) is 0 Å². The lowest BCUT2D eigenvalue weighted by Crippen LogP contribution is -2.44. The lowest BCUT2D eigenvalue weighted by atomic mass is 9.88. The molecule has 1 aromatic heterocycles. The van der Waals surface area contributed by atoms with Crippen LogP contribution in [0, 0.1) is 5.92 Å². The number of halogens is 1. The van der Waals surface area contributed by atoms with Crippen LogP contribution in [-0.4, -0.2) is 79.6 Å². The fraction of sp³-hybridized carbons (Fsp3) is 0.773. The Morgan fingerprint density at radius 3 is 2.69 bits per heavy atom. The van der Waals surface area contributed by atoms with Crippen molar-refractivity contribution in [2.75, 3.05) is 52.9 Å². The number of nitrogens with one attached hydrogen (secondary N) is 1. The molecule has 7 heteroatoms. The smallest absolute Gasteiger partial charge is 0.193 e. The van der Waals surface area contributed by atoms with Crippen molar-refractivity contribution in [1.29, 1.82) is 0 Å². The number of nitrogens with zero attached hydrogens (tertiary/aromatic N) is 4. The van der Waals surface area contributed by atoms with Crippen molar-refractivity contribution >= 4 is 41.3 Å². The molecule has 3 atom stereocenters. The third-order valence-electron chi connectivity index (χ3n) is 6.44. The highest BCUT2D eigenvalue weighted by molar-refractivity contribution is 14.0. The van der Waals surface area contributed by atoms with Gasteiger partial charge in [0.05, 0.1) is 0 Å². The highest BCUT2D eigenvalue weighted by Gasteiger charge is 2.32. The molecule has 1 N–H and O–H groups in total. The maximum atomic E-state index is 5.15. The number of aliphatic imine (C=N–C) groups is 1. The van der Waals surface area contributed by atoms with Gasteiger partial charge in [0.1, 0.15) is 0 Å². The van der Waals surface area contributed by atoms with Gasteiger partial charge in [-0.05, 0) is 70.2 Å². The van der Waals surface area contributed by atoms with Crippen LogP contribution in [0.4, 0.5) is 0 Å². The Labute approximate surface area is 198 Å². The standard InChI is InChI=1S/C22H39N5S.HI/c1-5-23-22(27-14-12-19(17-27)26(6-2)7-3)24-16-18-10-8-13-25(4)21(18)20-11-9-15-28-20;/h9,11,15,18-19,21H,5-8,10,12-14,16-17H2,1-4H3,(H,23,24);1H. The Morgan fingerprint density at radius 2 is 2.03 bits per heavy atom. The summed E-state index contributed by atoms with van der Waals surface area (Å²) in [5.74, 6) is 1.72. The first kappa shape index (κ1) is 24.9. The third kappa shape index (κ3) is 6.31. The second kappa shape index (κ2) is 12.5. The number of rotatable bonds is 7. The molecule has 2 fully saturated rings. The van der Waals surface area contributed by atoms with E-state index in [0.29, 0.717) is 18.0 Å². The van der Waals surface area contributed by atoms with E-state index in [1.54, 1.807) is 0 Å². The lowest BCUT2D eigenvalue weighted by Gasteiger charge is -2.38.